The Morgan fingerprint density at radius 1 is 1.00 bits per heavy atom. The van der Waals surface area contributed by atoms with Gasteiger partial charge in [0.25, 0.3) is 5.91 Å². The van der Waals surface area contributed by atoms with Gasteiger partial charge < -0.3 is 5.11 Å². The van der Waals surface area contributed by atoms with Crippen molar-refractivity contribution in [3.05, 3.63) is 101 Å². The zero-order valence-electron chi connectivity index (χ0n) is 15.1. The Labute approximate surface area is 176 Å². The Hall–Kier alpha value is -3.06. The van der Waals surface area contributed by atoms with E-state index in [9.17, 15) is 9.90 Å². The molecule has 4 rings (SSSR count). The maximum Gasteiger partial charge on any atom is 0.267 e. The van der Waals surface area contributed by atoms with Crippen LogP contribution in [0.25, 0.3) is 11.3 Å². The predicted octanol–water partition coefficient (Wildman–Crippen LogP) is 4.73. The summed E-state index contributed by atoms with van der Waals surface area (Å²) < 4.78 is 0. The molecule has 0 fully saturated rings. The summed E-state index contributed by atoms with van der Waals surface area (Å²) in [4.78, 5) is 21.7. The van der Waals surface area contributed by atoms with Gasteiger partial charge in [-0.1, -0.05) is 72.3 Å². The van der Waals surface area contributed by atoms with Crippen molar-refractivity contribution in [3.63, 3.8) is 0 Å². The lowest BCUT2D eigenvalue weighted by molar-refractivity contribution is -0.131. The number of nitrogens with zero attached hydrogens (tertiary/aromatic N) is 2. The number of pyridine rings is 1. The van der Waals surface area contributed by atoms with E-state index in [1.165, 1.54) is 11.3 Å². The number of amides is 1. The third kappa shape index (κ3) is 3.91. The van der Waals surface area contributed by atoms with Crippen LogP contribution in [0.15, 0.2) is 84.5 Å². The lowest BCUT2D eigenvalue weighted by Crippen LogP contribution is -2.41. The summed E-state index contributed by atoms with van der Waals surface area (Å²) >= 11 is 7.25. The molecule has 2 heterocycles. The first-order chi connectivity index (χ1) is 14.1. The first-order valence-electron chi connectivity index (χ1n) is 8.78. The Morgan fingerprint density at radius 2 is 1.62 bits per heavy atom. The van der Waals surface area contributed by atoms with Gasteiger partial charge in [-0.05, 0) is 17.2 Å². The van der Waals surface area contributed by atoms with Gasteiger partial charge in [0.1, 0.15) is 0 Å². The number of hydrogen-bond donors (Lipinski definition) is 2. The van der Waals surface area contributed by atoms with Crippen molar-refractivity contribution in [2.75, 3.05) is 5.32 Å². The van der Waals surface area contributed by atoms with E-state index in [4.69, 9.17) is 11.6 Å². The molecule has 0 aliphatic rings. The van der Waals surface area contributed by atoms with Crippen molar-refractivity contribution in [2.45, 2.75) is 5.60 Å². The zero-order chi connectivity index (χ0) is 20.3. The largest absolute Gasteiger partial charge is 0.372 e. The van der Waals surface area contributed by atoms with Crippen molar-refractivity contribution in [1.29, 1.82) is 0 Å². The number of benzene rings is 2. The average molecular weight is 422 g/mol. The SMILES string of the molecule is O=C(Nc1nc(-c2cncc(Cl)c2)cs1)C(O)(c1ccccc1)c1ccccc1. The molecule has 7 heteroatoms. The van der Waals surface area contributed by atoms with Gasteiger partial charge in [0, 0.05) is 23.3 Å². The fourth-order valence-electron chi connectivity index (χ4n) is 2.99. The second kappa shape index (κ2) is 8.13. The predicted molar refractivity (Wildman–Crippen MR) is 115 cm³/mol. The van der Waals surface area contributed by atoms with Crippen molar-refractivity contribution in [2.24, 2.45) is 0 Å². The summed E-state index contributed by atoms with van der Waals surface area (Å²) in [5.74, 6) is -0.583. The van der Waals surface area contributed by atoms with Crippen LogP contribution in [0.5, 0.6) is 0 Å². The van der Waals surface area contributed by atoms with E-state index in [1.807, 2.05) is 12.1 Å². The van der Waals surface area contributed by atoms with Crippen molar-refractivity contribution >= 4 is 34.0 Å². The maximum atomic E-state index is 13.2. The molecule has 0 spiro atoms. The first kappa shape index (κ1) is 19.3. The standard InChI is InChI=1S/C22H16ClN3O2S/c23-18-11-15(12-24-13-18)19-14-29-21(25-19)26-20(27)22(28,16-7-3-1-4-8-16)17-9-5-2-6-10-17/h1-14,28H,(H,25,26,27). The molecule has 0 unspecified atom stereocenters. The maximum absolute atomic E-state index is 13.2. The minimum atomic E-state index is -1.86. The van der Waals surface area contributed by atoms with E-state index < -0.39 is 11.5 Å². The number of aromatic nitrogens is 2. The van der Waals surface area contributed by atoms with E-state index in [-0.39, 0.29) is 0 Å². The topological polar surface area (TPSA) is 75.1 Å². The Morgan fingerprint density at radius 3 is 2.21 bits per heavy atom. The molecule has 0 radical (unpaired) electrons. The number of aliphatic hydroxyl groups is 1. The number of thiazole rings is 1. The fraction of sp³-hybridized carbons (Fsp3) is 0.0455. The molecule has 0 bridgehead atoms. The number of rotatable bonds is 5. The molecule has 2 aromatic carbocycles. The lowest BCUT2D eigenvalue weighted by Gasteiger charge is -2.27. The lowest BCUT2D eigenvalue weighted by atomic mass is 9.85. The molecule has 144 valence electrons. The number of nitrogens with one attached hydrogen (secondary N) is 1. The van der Waals surface area contributed by atoms with Crippen molar-refractivity contribution in [1.82, 2.24) is 9.97 Å². The summed E-state index contributed by atoms with van der Waals surface area (Å²) in [6, 6.07) is 19.4. The molecular weight excluding hydrogens is 406 g/mol. The summed E-state index contributed by atoms with van der Waals surface area (Å²) in [6.07, 6.45) is 3.19. The van der Waals surface area contributed by atoms with E-state index in [0.717, 1.165) is 5.56 Å². The molecule has 2 aromatic heterocycles. The van der Waals surface area contributed by atoms with Crippen LogP contribution in [0.3, 0.4) is 0 Å². The molecule has 1 amide bonds. The smallest absolute Gasteiger partial charge is 0.267 e. The van der Waals surface area contributed by atoms with Crippen molar-refractivity contribution in [3.8, 4) is 11.3 Å². The number of carbonyl (C=O) groups excluding carboxylic acids is 1. The van der Waals surface area contributed by atoms with Crippen LogP contribution in [0.1, 0.15) is 11.1 Å². The highest BCUT2D eigenvalue weighted by Crippen LogP contribution is 2.32. The highest BCUT2D eigenvalue weighted by molar-refractivity contribution is 7.14. The van der Waals surface area contributed by atoms with Gasteiger partial charge in [-0.15, -0.1) is 11.3 Å². The second-order valence-electron chi connectivity index (χ2n) is 6.33. The third-order valence-electron chi connectivity index (χ3n) is 4.44. The van der Waals surface area contributed by atoms with Crippen LogP contribution in [0.4, 0.5) is 5.13 Å². The molecule has 29 heavy (non-hydrogen) atoms. The van der Waals surface area contributed by atoms with Crippen molar-refractivity contribution < 1.29 is 9.90 Å². The zero-order valence-corrected chi connectivity index (χ0v) is 16.7. The van der Waals surface area contributed by atoms with Gasteiger partial charge >= 0.3 is 0 Å². The Kier molecular flexibility index (Phi) is 5.40. The second-order valence-corrected chi connectivity index (χ2v) is 7.62. The molecule has 0 saturated heterocycles. The summed E-state index contributed by atoms with van der Waals surface area (Å²) in [5.41, 5.74) is 0.476. The normalized spacial score (nSPS) is 11.2. The van der Waals surface area contributed by atoms with E-state index in [0.29, 0.717) is 27.0 Å². The van der Waals surface area contributed by atoms with E-state index >= 15 is 0 Å². The number of halogens is 1. The molecule has 0 saturated carbocycles. The Bertz CT molecular complexity index is 1090. The summed E-state index contributed by atoms with van der Waals surface area (Å²) in [5, 5.41) is 16.9. The Balaban J connectivity index is 1.66. The molecular formula is C22H16ClN3O2S. The van der Waals surface area contributed by atoms with Gasteiger partial charge in [0.15, 0.2) is 10.7 Å². The van der Waals surface area contributed by atoms with E-state index in [2.05, 4.69) is 15.3 Å². The molecule has 0 aliphatic heterocycles. The third-order valence-corrected chi connectivity index (χ3v) is 5.40. The fourth-order valence-corrected chi connectivity index (χ4v) is 3.88. The van der Waals surface area contributed by atoms with Crippen LogP contribution >= 0.6 is 22.9 Å². The molecule has 0 aliphatic carbocycles. The highest BCUT2D eigenvalue weighted by Gasteiger charge is 2.40. The van der Waals surface area contributed by atoms with Gasteiger partial charge in [0.05, 0.1) is 10.7 Å². The highest BCUT2D eigenvalue weighted by atomic mass is 35.5. The number of carbonyl (C=O) groups is 1. The monoisotopic (exact) mass is 421 g/mol. The minimum absolute atomic E-state index is 0.371. The van der Waals surface area contributed by atoms with Crippen LogP contribution in [0.2, 0.25) is 5.02 Å². The molecule has 2 N–H and O–H groups in total. The van der Waals surface area contributed by atoms with Gasteiger partial charge in [-0.2, -0.15) is 0 Å². The molecule has 5 nitrogen and oxygen atoms in total. The first-order valence-corrected chi connectivity index (χ1v) is 10.0. The number of anilines is 1. The summed E-state index contributed by atoms with van der Waals surface area (Å²) in [6.45, 7) is 0. The minimum Gasteiger partial charge on any atom is -0.372 e. The quantitative estimate of drug-likeness (QED) is 0.488. The average Bonchev–Trinajstić information content (AvgIpc) is 3.23. The summed E-state index contributed by atoms with van der Waals surface area (Å²) in [7, 11) is 0. The van der Waals surface area contributed by atoms with Crippen LogP contribution in [0, 0.1) is 0 Å². The molecule has 0 atom stereocenters. The van der Waals surface area contributed by atoms with E-state index in [1.54, 1.807) is 72.4 Å². The van der Waals surface area contributed by atoms with Gasteiger partial charge in [0.2, 0.25) is 0 Å². The van der Waals surface area contributed by atoms with Crippen LogP contribution < -0.4 is 5.32 Å². The van der Waals surface area contributed by atoms with Crippen LogP contribution in [-0.2, 0) is 10.4 Å². The number of hydrogen-bond acceptors (Lipinski definition) is 5. The molecule has 4 aromatic rings. The van der Waals surface area contributed by atoms with Crippen LogP contribution in [-0.4, -0.2) is 21.0 Å². The van der Waals surface area contributed by atoms with Gasteiger partial charge in [-0.25, -0.2) is 4.98 Å². The van der Waals surface area contributed by atoms with Gasteiger partial charge in [-0.3, -0.25) is 15.1 Å².